The Labute approximate surface area is 168 Å². The SMILES string of the molecule is C[C@@H]1CC(c2ccccc2)C[C@H]([C@H](O)c2ccccc2)N1C(=O)OC(C)(C)C. The first kappa shape index (κ1) is 20.4. The topological polar surface area (TPSA) is 49.8 Å². The predicted octanol–water partition coefficient (Wildman–Crippen LogP) is 5.29. The smallest absolute Gasteiger partial charge is 0.410 e. The van der Waals surface area contributed by atoms with E-state index >= 15 is 0 Å². The molecule has 1 unspecified atom stereocenters. The third-order valence-corrected chi connectivity index (χ3v) is 5.36. The number of carbonyl (C=O) groups is 1. The molecule has 1 aliphatic rings. The van der Waals surface area contributed by atoms with Gasteiger partial charge in [0.2, 0.25) is 0 Å². The number of rotatable bonds is 3. The van der Waals surface area contributed by atoms with Gasteiger partial charge in [0.15, 0.2) is 0 Å². The van der Waals surface area contributed by atoms with Crippen molar-refractivity contribution < 1.29 is 14.6 Å². The van der Waals surface area contributed by atoms with Gasteiger partial charge in [-0.15, -0.1) is 0 Å². The molecule has 0 bridgehead atoms. The molecule has 0 spiro atoms. The Bertz CT molecular complexity index is 769. The van der Waals surface area contributed by atoms with Crippen LogP contribution in [-0.2, 0) is 4.74 Å². The number of benzene rings is 2. The van der Waals surface area contributed by atoms with Gasteiger partial charge in [0.1, 0.15) is 5.60 Å². The van der Waals surface area contributed by atoms with Gasteiger partial charge >= 0.3 is 6.09 Å². The van der Waals surface area contributed by atoms with Gasteiger partial charge in [0, 0.05) is 6.04 Å². The molecular weight excluding hydrogens is 350 g/mol. The van der Waals surface area contributed by atoms with Gasteiger partial charge in [0.25, 0.3) is 0 Å². The van der Waals surface area contributed by atoms with Crippen molar-refractivity contribution in [1.82, 2.24) is 4.90 Å². The minimum atomic E-state index is -0.761. The first-order valence-electron chi connectivity index (χ1n) is 10.1. The Morgan fingerprint density at radius 2 is 1.61 bits per heavy atom. The van der Waals surface area contributed by atoms with Crippen molar-refractivity contribution in [2.75, 3.05) is 0 Å². The molecule has 28 heavy (non-hydrogen) atoms. The van der Waals surface area contributed by atoms with Crippen LogP contribution in [0.2, 0.25) is 0 Å². The number of ether oxygens (including phenoxy) is 1. The van der Waals surface area contributed by atoms with Crippen LogP contribution in [0.4, 0.5) is 4.79 Å². The van der Waals surface area contributed by atoms with E-state index < -0.39 is 11.7 Å². The van der Waals surface area contributed by atoms with Gasteiger partial charge < -0.3 is 9.84 Å². The first-order chi connectivity index (χ1) is 13.3. The molecule has 1 saturated heterocycles. The fourth-order valence-corrected chi connectivity index (χ4v) is 4.13. The maximum atomic E-state index is 13.0. The van der Waals surface area contributed by atoms with Crippen molar-refractivity contribution >= 4 is 6.09 Å². The Balaban J connectivity index is 1.92. The van der Waals surface area contributed by atoms with Gasteiger partial charge in [-0.25, -0.2) is 4.79 Å². The highest BCUT2D eigenvalue weighted by Crippen LogP contribution is 2.40. The van der Waals surface area contributed by atoms with Crippen molar-refractivity contribution in [1.29, 1.82) is 0 Å². The predicted molar refractivity (Wildman–Crippen MR) is 111 cm³/mol. The molecule has 0 aromatic heterocycles. The van der Waals surface area contributed by atoms with Gasteiger partial charge in [0.05, 0.1) is 12.1 Å². The average Bonchev–Trinajstić information content (AvgIpc) is 2.66. The summed E-state index contributed by atoms with van der Waals surface area (Å²) in [6.07, 6.45) is 0.430. The van der Waals surface area contributed by atoms with Crippen molar-refractivity contribution in [3.63, 3.8) is 0 Å². The fraction of sp³-hybridized carbons (Fsp3) is 0.458. The Kier molecular flexibility index (Phi) is 6.09. The third-order valence-electron chi connectivity index (χ3n) is 5.36. The summed E-state index contributed by atoms with van der Waals surface area (Å²) >= 11 is 0. The second-order valence-electron chi connectivity index (χ2n) is 8.74. The Hall–Kier alpha value is -2.33. The van der Waals surface area contributed by atoms with Crippen LogP contribution >= 0.6 is 0 Å². The molecule has 0 radical (unpaired) electrons. The molecule has 1 aliphatic heterocycles. The average molecular weight is 382 g/mol. The maximum Gasteiger partial charge on any atom is 0.410 e. The van der Waals surface area contributed by atoms with E-state index in [9.17, 15) is 9.90 Å². The van der Waals surface area contributed by atoms with Crippen LogP contribution in [-0.4, -0.2) is 33.8 Å². The standard InChI is InChI=1S/C24H31NO3/c1-17-15-20(18-11-7-5-8-12-18)16-21(22(26)19-13-9-6-10-14-19)25(17)23(27)28-24(2,3)4/h5-14,17,20-22,26H,15-16H2,1-4H3/t17-,20?,21-,22-/m1/s1. The summed E-state index contributed by atoms with van der Waals surface area (Å²) in [5.41, 5.74) is 1.50. The normalized spacial score (nSPS) is 23.9. The monoisotopic (exact) mass is 381 g/mol. The maximum absolute atomic E-state index is 13.0. The van der Waals surface area contributed by atoms with Crippen molar-refractivity contribution in [2.24, 2.45) is 0 Å². The van der Waals surface area contributed by atoms with Gasteiger partial charge in [-0.3, -0.25) is 4.90 Å². The number of carbonyl (C=O) groups excluding carboxylic acids is 1. The summed E-state index contributed by atoms with van der Waals surface area (Å²) in [5, 5.41) is 11.2. The number of likely N-dealkylation sites (tertiary alicyclic amines) is 1. The minimum absolute atomic E-state index is 0.0304. The number of aliphatic hydroxyl groups excluding tert-OH is 1. The first-order valence-corrected chi connectivity index (χ1v) is 10.1. The summed E-state index contributed by atoms with van der Waals surface area (Å²) in [4.78, 5) is 14.8. The number of hydrogen-bond donors (Lipinski definition) is 1. The van der Waals surface area contributed by atoms with Crippen LogP contribution in [0, 0.1) is 0 Å². The molecule has 4 atom stereocenters. The molecule has 4 heteroatoms. The number of amides is 1. The van der Waals surface area contributed by atoms with Crippen molar-refractivity contribution in [3.8, 4) is 0 Å². The Morgan fingerprint density at radius 1 is 1.04 bits per heavy atom. The molecule has 4 nitrogen and oxygen atoms in total. The lowest BCUT2D eigenvalue weighted by atomic mass is 9.79. The van der Waals surface area contributed by atoms with Crippen LogP contribution < -0.4 is 0 Å². The zero-order chi connectivity index (χ0) is 20.3. The van der Waals surface area contributed by atoms with Gasteiger partial charge in [-0.1, -0.05) is 60.7 Å². The minimum Gasteiger partial charge on any atom is -0.444 e. The summed E-state index contributed by atoms with van der Waals surface area (Å²) < 4.78 is 5.68. The molecular formula is C24H31NO3. The van der Waals surface area contributed by atoms with E-state index in [0.29, 0.717) is 12.3 Å². The van der Waals surface area contributed by atoms with E-state index in [1.807, 2.05) is 76.2 Å². The van der Waals surface area contributed by atoms with Crippen LogP contribution in [0.25, 0.3) is 0 Å². The largest absolute Gasteiger partial charge is 0.444 e. The van der Waals surface area contributed by atoms with Crippen LogP contribution in [0.3, 0.4) is 0 Å². The van der Waals surface area contributed by atoms with Crippen LogP contribution in [0.15, 0.2) is 60.7 Å². The highest BCUT2D eigenvalue weighted by atomic mass is 16.6. The summed E-state index contributed by atoms with van der Waals surface area (Å²) in [6, 6.07) is 19.6. The quantitative estimate of drug-likeness (QED) is 0.786. The third kappa shape index (κ3) is 4.74. The molecule has 0 aliphatic carbocycles. The van der Waals surface area contributed by atoms with Crippen molar-refractivity contribution in [2.45, 2.75) is 70.2 Å². The number of piperidine rings is 1. The number of hydrogen-bond acceptors (Lipinski definition) is 3. The second-order valence-corrected chi connectivity index (χ2v) is 8.74. The lowest BCUT2D eigenvalue weighted by molar-refractivity contribution is -0.0360. The van der Waals surface area contributed by atoms with Crippen LogP contribution in [0.5, 0.6) is 0 Å². The number of aliphatic hydroxyl groups is 1. The lowest BCUT2D eigenvalue weighted by Crippen LogP contribution is -2.54. The highest BCUT2D eigenvalue weighted by molar-refractivity contribution is 5.69. The van der Waals surface area contributed by atoms with E-state index in [1.165, 1.54) is 5.56 Å². The van der Waals surface area contributed by atoms with Gasteiger partial charge in [-0.2, -0.15) is 0 Å². The van der Waals surface area contributed by atoms with E-state index in [4.69, 9.17) is 4.74 Å². The fourth-order valence-electron chi connectivity index (χ4n) is 4.13. The molecule has 2 aromatic carbocycles. The summed E-state index contributed by atoms with van der Waals surface area (Å²) in [5.74, 6) is 0.290. The zero-order valence-electron chi connectivity index (χ0n) is 17.2. The molecule has 3 rings (SSSR count). The van der Waals surface area contributed by atoms with E-state index in [-0.39, 0.29) is 18.2 Å². The molecule has 1 fully saturated rings. The lowest BCUT2D eigenvalue weighted by Gasteiger charge is -2.46. The van der Waals surface area contributed by atoms with Gasteiger partial charge in [-0.05, 0) is 57.6 Å². The molecule has 2 aromatic rings. The molecule has 1 amide bonds. The Morgan fingerprint density at radius 3 is 2.18 bits per heavy atom. The highest BCUT2D eigenvalue weighted by Gasteiger charge is 2.42. The molecule has 1 N–H and O–H groups in total. The molecule has 0 saturated carbocycles. The van der Waals surface area contributed by atoms with E-state index in [1.54, 1.807) is 4.90 Å². The van der Waals surface area contributed by atoms with E-state index in [2.05, 4.69) is 12.1 Å². The zero-order valence-corrected chi connectivity index (χ0v) is 17.2. The molecule has 1 heterocycles. The second kappa shape index (κ2) is 8.36. The summed E-state index contributed by atoms with van der Waals surface area (Å²) in [7, 11) is 0. The van der Waals surface area contributed by atoms with E-state index in [0.717, 1.165) is 12.0 Å². The van der Waals surface area contributed by atoms with Crippen molar-refractivity contribution in [3.05, 3.63) is 71.8 Å². The number of nitrogens with zero attached hydrogens (tertiary/aromatic N) is 1. The summed E-state index contributed by atoms with van der Waals surface area (Å²) in [6.45, 7) is 7.66. The van der Waals surface area contributed by atoms with Crippen LogP contribution in [0.1, 0.15) is 63.7 Å². The molecule has 150 valence electrons.